The third-order valence-corrected chi connectivity index (χ3v) is 5.52. The predicted molar refractivity (Wildman–Crippen MR) is 108 cm³/mol. The Bertz CT molecular complexity index is 984. The maximum Gasteiger partial charge on any atom is 0.316 e. The van der Waals surface area contributed by atoms with Crippen molar-refractivity contribution in [2.75, 3.05) is 6.61 Å². The molecule has 1 saturated carbocycles. The van der Waals surface area contributed by atoms with E-state index in [4.69, 9.17) is 15.0 Å². The highest BCUT2D eigenvalue weighted by Crippen LogP contribution is 2.49. The quantitative estimate of drug-likeness (QED) is 0.646. The Hall–Kier alpha value is -2.92. The molecule has 2 N–H and O–H groups in total. The van der Waals surface area contributed by atoms with Gasteiger partial charge < -0.3 is 15.0 Å². The summed E-state index contributed by atoms with van der Waals surface area (Å²) < 4.78 is 10.7. The Morgan fingerprint density at radius 3 is 2.18 bits per heavy atom. The minimum atomic E-state index is -0.429. The molecule has 1 aliphatic carbocycles. The van der Waals surface area contributed by atoms with Crippen molar-refractivity contribution in [2.24, 2.45) is 5.73 Å². The van der Waals surface area contributed by atoms with Gasteiger partial charge >= 0.3 is 5.97 Å². The minimum Gasteiger partial charge on any atom is -0.465 e. The highest BCUT2D eigenvalue weighted by Gasteiger charge is 2.52. The average Bonchev–Trinajstić information content (AvgIpc) is 3.46. The van der Waals surface area contributed by atoms with Gasteiger partial charge in [0.1, 0.15) is 0 Å². The lowest BCUT2D eigenvalue weighted by atomic mass is 9.93. The molecule has 1 fully saturated rings. The number of ether oxygens (including phenoxy) is 1. The molecule has 28 heavy (non-hydrogen) atoms. The Labute approximate surface area is 164 Å². The Balaban J connectivity index is 1.56. The summed E-state index contributed by atoms with van der Waals surface area (Å²) in [5, 5.41) is 4.02. The van der Waals surface area contributed by atoms with Crippen molar-refractivity contribution in [3.8, 4) is 22.5 Å². The molecule has 0 aliphatic heterocycles. The van der Waals surface area contributed by atoms with Crippen LogP contribution >= 0.6 is 0 Å². The summed E-state index contributed by atoms with van der Waals surface area (Å²) in [4.78, 5) is 12.3. The highest BCUT2D eigenvalue weighted by molar-refractivity contribution is 5.87. The number of benzene rings is 2. The average molecular weight is 376 g/mol. The number of esters is 1. The molecule has 1 aliphatic rings. The van der Waals surface area contributed by atoms with Gasteiger partial charge in [-0.2, -0.15) is 0 Å². The lowest BCUT2D eigenvalue weighted by molar-refractivity contribution is -0.146. The minimum absolute atomic E-state index is 0.106. The van der Waals surface area contributed by atoms with Crippen molar-refractivity contribution in [2.45, 2.75) is 38.6 Å². The first kappa shape index (κ1) is 18.4. The van der Waals surface area contributed by atoms with Gasteiger partial charge in [-0.25, -0.2) is 0 Å². The lowest BCUT2D eigenvalue weighted by Gasteiger charge is -2.14. The van der Waals surface area contributed by atoms with Crippen LogP contribution in [0.1, 0.15) is 36.6 Å². The van der Waals surface area contributed by atoms with Crippen LogP contribution in [-0.2, 0) is 21.5 Å². The topological polar surface area (TPSA) is 78.3 Å². The second kappa shape index (κ2) is 7.24. The van der Waals surface area contributed by atoms with Crippen LogP contribution in [0.25, 0.3) is 22.5 Å². The molecule has 4 rings (SSSR count). The first-order chi connectivity index (χ1) is 13.6. The number of hydrogen-bond donors (Lipinski definition) is 1. The first-order valence-corrected chi connectivity index (χ1v) is 9.63. The molecular weight excluding hydrogens is 352 g/mol. The van der Waals surface area contributed by atoms with E-state index in [1.54, 1.807) is 0 Å². The molecule has 0 amide bonds. The molecule has 0 spiro atoms. The number of hydrogen-bond acceptors (Lipinski definition) is 5. The number of rotatable bonds is 6. The first-order valence-electron chi connectivity index (χ1n) is 9.63. The smallest absolute Gasteiger partial charge is 0.316 e. The largest absolute Gasteiger partial charge is 0.465 e. The normalized spacial score (nSPS) is 14.7. The number of nitrogens with two attached hydrogens (primary N) is 1. The Kier molecular flexibility index (Phi) is 4.77. The van der Waals surface area contributed by atoms with Gasteiger partial charge in [0.25, 0.3) is 0 Å². The van der Waals surface area contributed by atoms with E-state index in [9.17, 15) is 4.79 Å². The lowest BCUT2D eigenvalue weighted by Crippen LogP contribution is -2.23. The molecular formula is C23H24N2O3. The number of nitrogens with zero attached hydrogens (tertiary/aromatic N) is 1. The molecule has 0 bridgehead atoms. The monoisotopic (exact) mass is 376 g/mol. The van der Waals surface area contributed by atoms with Crippen LogP contribution in [0.15, 0.2) is 53.1 Å². The van der Waals surface area contributed by atoms with Gasteiger partial charge in [0, 0.05) is 17.7 Å². The van der Waals surface area contributed by atoms with Gasteiger partial charge in [-0.15, -0.1) is 0 Å². The molecule has 5 heteroatoms. The number of carbonyl (C=O) groups is 1. The second-order valence-electron chi connectivity index (χ2n) is 7.24. The van der Waals surface area contributed by atoms with Gasteiger partial charge in [-0.3, -0.25) is 4.79 Å². The van der Waals surface area contributed by atoms with Gasteiger partial charge in [-0.1, -0.05) is 53.7 Å². The molecule has 2 aromatic carbocycles. The molecule has 1 heterocycles. The van der Waals surface area contributed by atoms with Crippen molar-refractivity contribution in [1.82, 2.24) is 5.16 Å². The molecule has 0 saturated heterocycles. The molecule has 0 atom stereocenters. The number of aromatic nitrogens is 1. The second-order valence-corrected chi connectivity index (χ2v) is 7.24. The molecule has 5 nitrogen and oxygen atoms in total. The van der Waals surface area contributed by atoms with Gasteiger partial charge in [0.2, 0.25) is 0 Å². The summed E-state index contributed by atoms with van der Waals surface area (Å²) in [6.45, 7) is 4.56. The van der Waals surface area contributed by atoms with E-state index in [0.29, 0.717) is 13.2 Å². The summed E-state index contributed by atoms with van der Waals surface area (Å²) in [6, 6.07) is 16.4. The predicted octanol–water partition coefficient (Wildman–Crippen LogP) is 4.37. The fraction of sp³-hybridized carbons (Fsp3) is 0.304. The Morgan fingerprint density at radius 2 is 1.64 bits per heavy atom. The van der Waals surface area contributed by atoms with Crippen molar-refractivity contribution in [3.05, 3.63) is 65.4 Å². The van der Waals surface area contributed by atoms with Gasteiger partial charge in [-0.05, 0) is 43.4 Å². The number of carbonyl (C=O) groups excluding carboxylic acids is 1. The van der Waals surface area contributed by atoms with Crippen LogP contribution in [-0.4, -0.2) is 17.7 Å². The molecule has 0 radical (unpaired) electrons. The summed E-state index contributed by atoms with van der Waals surface area (Å²) in [6.07, 6.45) is 1.72. The summed E-state index contributed by atoms with van der Waals surface area (Å²) in [7, 11) is 0. The molecule has 144 valence electrons. The highest BCUT2D eigenvalue weighted by atomic mass is 16.5. The fourth-order valence-electron chi connectivity index (χ4n) is 3.66. The van der Waals surface area contributed by atoms with E-state index in [-0.39, 0.29) is 5.97 Å². The molecule has 3 aromatic rings. The summed E-state index contributed by atoms with van der Waals surface area (Å²) in [5.41, 5.74) is 11.3. The zero-order chi connectivity index (χ0) is 19.7. The third kappa shape index (κ3) is 3.12. The standard InChI is InChI=1S/C23H24N2O3/c1-3-27-22(26)23(12-13-23)19-10-8-17(9-11-19)16-4-6-18(7-5-16)21-20(14-24)15(2)25-28-21/h4-11H,3,12-14,24H2,1-2H3. The van der Waals surface area contributed by atoms with Crippen molar-refractivity contribution in [3.63, 3.8) is 0 Å². The molecule has 1 aromatic heterocycles. The van der Waals surface area contributed by atoms with E-state index in [1.807, 2.05) is 38.1 Å². The SMILES string of the molecule is CCOC(=O)C1(c2ccc(-c3ccc(-c4onc(C)c4CN)cc3)cc2)CC1. The maximum absolute atomic E-state index is 12.3. The van der Waals surface area contributed by atoms with Crippen LogP contribution in [0.5, 0.6) is 0 Å². The van der Waals surface area contributed by atoms with Crippen molar-refractivity contribution < 1.29 is 14.1 Å². The zero-order valence-electron chi connectivity index (χ0n) is 16.2. The van der Waals surface area contributed by atoms with E-state index >= 15 is 0 Å². The van der Waals surface area contributed by atoms with Crippen LogP contribution < -0.4 is 5.73 Å². The van der Waals surface area contributed by atoms with E-state index < -0.39 is 5.41 Å². The zero-order valence-corrected chi connectivity index (χ0v) is 16.2. The number of aryl methyl sites for hydroxylation is 1. The fourth-order valence-corrected chi connectivity index (χ4v) is 3.66. The van der Waals surface area contributed by atoms with Gasteiger partial charge in [0.15, 0.2) is 5.76 Å². The van der Waals surface area contributed by atoms with Crippen LogP contribution in [0.4, 0.5) is 0 Å². The summed E-state index contributed by atoms with van der Waals surface area (Å²) in [5.74, 6) is 0.622. The van der Waals surface area contributed by atoms with Crippen molar-refractivity contribution in [1.29, 1.82) is 0 Å². The Morgan fingerprint density at radius 1 is 1.07 bits per heavy atom. The van der Waals surface area contributed by atoms with Crippen molar-refractivity contribution >= 4 is 5.97 Å². The van der Waals surface area contributed by atoms with E-state index in [1.165, 1.54) is 0 Å². The van der Waals surface area contributed by atoms with Crippen LogP contribution in [0.2, 0.25) is 0 Å². The van der Waals surface area contributed by atoms with Crippen LogP contribution in [0, 0.1) is 6.92 Å². The van der Waals surface area contributed by atoms with Gasteiger partial charge in [0.05, 0.1) is 17.7 Å². The van der Waals surface area contributed by atoms with E-state index in [0.717, 1.165) is 52.1 Å². The summed E-state index contributed by atoms with van der Waals surface area (Å²) >= 11 is 0. The third-order valence-electron chi connectivity index (χ3n) is 5.52. The van der Waals surface area contributed by atoms with Crippen LogP contribution in [0.3, 0.4) is 0 Å². The maximum atomic E-state index is 12.3. The van der Waals surface area contributed by atoms with E-state index in [2.05, 4.69) is 29.4 Å². The molecule has 0 unspecified atom stereocenters.